The van der Waals surface area contributed by atoms with Crippen molar-refractivity contribution in [2.45, 2.75) is 50.3 Å². The number of esters is 1. The van der Waals surface area contributed by atoms with Crippen LogP contribution in [0.1, 0.15) is 27.0 Å². The van der Waals surface area contributed by atoms with E-state index in [1.165, 1.54) is 63.0 Å². The van der Waals surface area contributed by atoms with Gasteiger partial charge in [-0.2, -0.15) is 5.09 Å². The van der Waals surface area contributed by atoms with Gasteiger partial charge in [-0.15, -0.1) is 4.83 Å². The summed E-state index contributed by atoms with van der Waals surface area (Å²) in [6.45, 7) is 3.56. The van der Waals surface area contributed by atoms with E-state index in [1.54, 1.807) is 0 Å². The molecule has 17 nitrogen and oxygen atoms in total. The van der Waals surface area contributed by atoms with Crippen LogP contribution < -0.4 is 19.5 Å². The molecule has 4 N–H and O–H groups in total. The molecule has 4 rings (SSSR count). The zero-order valence-corrected chi connectivity index (χ0v) is 27.0. The van der Waals surface area contributed by atoms with Crippen LogP contribution in [0, 0.1) is 0 Å². The SMILES string of the molecule is COC(=O)C(C)(C)NP(=O)(OC[C@H]1O[C@@H](n2cnc3c(N(C)NS(C)(=O)=O)ncnc32)[C@](C)(O)[C@@H]1O)Oc1ccc(Cl)cc1. The van der Waals surface area contributed by atoms with Gasteiger partial charge in [0.15, 0.2) is 23.2 Å². The minimum absolute atomic E-state index is 0.0966. The highest BCUT2D eigenvalue weighted by Gasteiger charge is 2.54. The van der Waals surface area contributed by atoms with Crippen molar-refractivity contribution >= 4 is 52.3 Å². The fourth-order valence-electron chi connectivity index (χ4n) is 4.46. The Kier molecular flexibility index (Phi) is 9.61. The lowest BCUT2D eigenvalue weighted by Crippen LogP contribution is -2.47. The molecule has 2 aromatic heterocycles. The molecule has 3 heterocycles. The smallest absolute Gasteiger partial charge is 0.459 e. The van der Waals surface area contributed by atoms with E-state index in [0.717, 1.165) is 24.7 Å². The number of anilines is 1. The third-order valence-electron chi connectivity index (χ3n) is 6.53. The molecule has 3 aromatic rings. The van der Waals surface area contributed by atoms with Crippen LogP contribution in [-0.4, -0.2) is 94.5 Å². The average molecular weight is 678 g/mol. The molecule has 1 aromatic carbocycles. The minimum atomic E-state index is -4.39. The molecule has 1 aliphatic rings. The first kappa shape index (κ1) is 34.0. The maximum Gasteiger partial charge on any atom is 0.459 e. The minimum Gasteiger partial charge on any atom is -0.468 e. The number of nitrogens with one attached hydrogen (secondary N) is 2. The van der Waals surface area contributed by atoms with E-state index < -0.39 is 59.9 Å². The van der Waals surface area contributed by atoms with E-state index >= 15 is 0 Å². The van der Waals surface area contributed by atoms with E-state index in [1.807, 2.05) is 0 Å². The number of fused-ring (bicyclic) bond motifs is 1. The second-order valence-electron chi connectivity index (χ2n) is 10.7. The Balaban J connectivity index is 1.60. The molecule has 0 aliphatic carbocycles. The van der Waals surface area contributed by atoms with Crippen LogP contribution in [0.2, 0.25) is 5.02 Å². The molecule has 0 radical (unpaired) electrons. The number of hydrazine groups is 1. The Bertz CT molecular complexity index is 1670. The van der Waals surface area contributed by atoms with E-state index in [-0.39, 0.29) is 22.7 Å². The Hall–Kier alpha value is -2.93. The molecule has 0 amide bonds. The number of nitrogens with zero attached hydrogens (tertiary/aromatic N) is 5. The number of imidazole rings is 1. The van der Waals surface area contributed by atoms with Crippen LogP contribution in [0.5, 0.6) is 5.75 Å². The number of methoxy groups -OCH3 is 1. The number of carbonyl (C=O) groups is 1. The summed E-state index contributed by atoms with van der Waals surface area (Å²) in [5, 5.41) is 26.5. The number of aromatic nitrogens is 4. The molecule has 20 heteroatoms. The number of sulfonamides is 1. The van der Waals surface area contributed by atoms with Crippen molar-refractivity contribution in [1.82, 2.24) is 29.4 Å². The van der Waals surface area contributed by atoms with Crippen LogP contribution in [0.4, 0.5) is 5.82 Å². The number of ether oxygens (including phenoxy) is 2. The van der Waals surface area contributed by atoms with Gasteiger partial charge in [0.25, 0.3) is 0 Å². The molecule has 0 saturated carbocycles. The van der Waals surface area contributed by atoms with Crippen LogP contribution in [0.15, 0.2) is 36.9 Å². The van der Waals surface area contributed by atoms with Gasteiger partial charge in [-0.3, -0.25) is 18.9 Å². The van der Waals surface area contributed by atoms with E-state index in [4.69, 9.17) is 30.1 Å². The summed E-state index contributed by atoms with van der Waals surface area (Å²) in [7, 11) is -5.45. The number of benzene rings is 1. The number of rotatable bonds is 12. The lowest BCUT2D eigenvalue weighted by atomic mass is 9.96. The lowest BCUT2D eigenvalue weighted by Gasteiger charge is -2.29. The number of halogens is 1. The number of hydrogen-bond donors (Lipinski definition) is 4. The van der Waals surface area contributed by atoms with Crippen molar-refractivity contribution in [3.05, 3.63) is 41.9 Å². The van der Waals surface area contributed by atoms with Crippen LogP contribution in [-0.2, 0) is 33.4 Å². The number of aliphatic hydroxyl groups excluding tert-OH is 1. The predicted octanol–water partition coefficient (Wildman–Crippen LogP) is 1.13. The Labute approximate surface area is 258 Å². The summed E-state index contributed by atoms with van der Waals surface area (Å²) >= 11 is 5.94. The highest BCUT2D eigenvalue weighted by molar-refractivity contribution is 7.88. The Morgan fingerprint density at radius 3 is 2.55 bits per heavy atom. The van der Waals surface area contributed by atoms with Gasteiger partial charge >= 0.3 is 13.7 Å². The zero-order chi connectivity index (χ0) is 32.7. The molecule has 44 heavy (non-hydrogen) atoms. The third kappa shape index (κ3) is 7.30. The van der Waals surface area contributed by atoms with Gasteiger partial charge in [-0.25, -0.2) is 27.9 Å². The second-order valence-corrected chi connectivity index (χ2v) is 14.5. The van der Waals surface area contributed by atoms with Crippen molar-refractivity contribution in [3.63, 3.8) is 0 Å². The number of hydrogen-bond acceptors (Lipinski definition) is 14. The lowest BCUT2D eigenvalue weighted by molar-refractivity contribution is -0.146. The quantitative estimate of drug-likeness (QED) is 0.120. The summed E-state index contributed by atoms with van der Waals surface area (Å²) in [4.78, 5) is 27.1. The average Bonchev–Trinajstić information content (AvgIpc) is 3.45. The Morgan fingerprint density at radius 2 is 1.93 bits per heavy atom. The molecule has 1 unspecified atom stereocenters. The maximum absolute atomic E-state index is 13.9. The van der Waals surface area contributed by atoms with E-state index in [9.17, 15) is 28.0 Å². The highest BCUT2D eigenvalue weighted by atomic mass is 35.5. The van der Waals surface area contributed by atoms with Gasteiger partial charge in [0.2, 0.25) is 10.0 Å². The van der Waals surface area contributed by atoms with Crippen molar-refractivity contribution in [3.8, 4) is 5.75 Å². The van der Waals surface area contributed by atoms with Crippen LogP contribution in [0.25, 0.3) is 11.2 Å². The molecule has 1 saturated heterocycles. The zero-order valence-electron chi connectivity index (χ0n) is 24.5. The van der Waals surface area contributed by atoms with Gasteiger partial charge in [0.05, 0.1) is 26.3 Å². The van der Waals surface area contributed by atoms with Gasteiger partial charge in [0, 0.05) is 12.1 Å². The third-order valence-corrected chi connectivity index (χ3v) is 9.16. The summed E-state index contributed by atoms with van der Waals surface area (Å²) in [6.07, 6.45) is -0.731. The van der Waals surface area contributed by atoms with Crippen molar-refractivity contribution in [1.29, 1.82) is 0 Å². The molecule has 0 bridgehead atoms. The molecule has 0 spiro atoms. The molecule has 1 aliphatic heterocycles. The van der Waals surface area contributed by atoms with Gasteiger partial charge in [0.1, 0.15) is 35.4 Å². The monoisotopic (exact) mass is 677 g/mol. The number of aliphatic hydroxyl groups is 2. The molecular formula is C24H33ClN7O10PS. The molecule has 1 fully saturated rings. The van der Waals surface area contributed by atoms with Crippen LogP contribution in [0.3, 0.4) is 0 Å². The first-order valence-corrected chi connectivity index (χ1v) is 16.7. The summed E-state index contributed by atoms with van der Waals surface area (Å²) in [5.74, 6) is -0.553. The van der Waals surface area contributed by atoms with Gasteiger partial charge in [-0.1, -0.05) is 11.6 Å². The topological polar surface area (TPSA) is 217 Å². The Morgan fingerprint density at radius 1 is 1.27 bits per heavy atom. The van der Waals surface area contributed by atoms with Crippen molar-refractivity contribution < 1.29 is 46.5 Å². The summed E-state index contributed by atoms with van der Waals surface area (Å²) in [6, 6.07) is 5.88. The summed E-state index contributed by atoms with van der Waals surface area (Å²) < 4.78 is 60.8. The van der Waals surface area contributed by atoms with Gasteiger partial charge in [-0.05, 0) is 45.0 Å². The van der Waals surface area contributed by atoms with Gasteiger partial charge < -0.3 is 24.2 Å². The standard InChI is InChI=1S/C24H33ClN7O10PS/c1-23(2,22(34)39-5)29-43(36,42-15-9-7-14(25)8-10-15)40-11-16-18(33)24(3,35)21(41-16)32-13-28-17-19(26-12-27-20(17)32)31(4)30-44(6,37)38/h7-10,12-13,16,18,21,30,33,35H,11H2,1-6H3,(H,29,36)/t16-,18-,21-,24-,43?/m1/s1. The first-order chi connectivity index (χ1) is 20.4. The fourth-order valence-corrected chi connectivity index (χ4v) is 6.85. The summed E-state index contributed by atoms with van der Waals surface area (Å²) in [5.41, 5.74) is -3.18. The fraction of sp³-hybridized carbons (Fsp3) is 0.500. The van der Waals surface area contributed by atoms with E-state index in [2.05, 4.69) is 24.9 Å². The normalized spacial score (nSPS) is 23.8. The second kappa shape index (κ2) is 12.5. The number of carbonyl (C=O) groups excluding carboxylic acids is 1. The molecule has 5 atom stereocenters. The highest BCUT2D eigenvalue weighted by Crippen LogP contribution is 2.48. The van der Waals surface area contributed by atoms with E-state index in [0.29, 0.717) is 5.02 Å². The molecular weight excluding hydrogens is 645 g/mol. The molecule has 242 valence electrons. The largest absolute Gasteiger partial charge is 0.468 e. The van der Waals surface area contributed by atoms with Crippen LogP contribution >= 0.6 is 19.3 Å². The maximum atomic E-state index is 13.9. The first-order valence-electron chi connectivity index (χ1n) is 12.9. The van der Waals surface area contributed by atoms with Crippen molar-refractivity contribution in [2.24, 2.45) is 0 Å². The predicted molar refractivity (Wildman–Crippen MR) is 157 cm³/mol. The van der Waals surface area contributed by atoms with Crippen molar-refractivity contribution in [2.75, 3.05) is 32.0 Å².